The van der Waals surface area contributed by atoms with Gasteiger partial charge >= 0.3 is 0 Å². The summed E-state index contributed by atoms with van der Waals surface area (Å²) < 4.78 is 5.51. The number of methoxy groups -OCH3 is 1. The molecule has 0 radical (unpaired) electrons. The lowest BCUT2D eigenvalue weighted by molar-refractivity contribution is 0.407. The SMILES string of the molecule is COc1cc(C)c(C=C(C#N)c2nc3ccc(C)cc3[nH]2)cc1C(C)C. The highest BCUT2D eigenvalue weighted by atomic mass is 16.5. The first-order valence-electron chi connectivity index (χ1n) is 8.70. The minimum absolute atomic E-state index is 0.331. The molecule has 1 heterocycles. The molecule has 0 fully saturated rings. The second-order valence-corrected chi connectivity index (χ2v) is 6.88. The van der Waals surface area contributed by atoms with Crippen molar-refractivity contribution < 1.29 is 4.74 Å². The molecule has 3 aromatic rings. The molecule has 132 valence electrons. The molecule has 0 aliphatic heterocycles. The topological polar surface area (TPSA) is 61.7 Å². The molecule has 1 N–H and O–H groups in total. The van der Waals surface area contributed by atoms with Crippen LogP contribution < -0.4 is 4.74 Å². The van der Waals surface area contributed by atoms with Crippen molar-refractivity contribution in [2.75, 3.05) is 7.11 Å². The summed E-state index contributed by atoms with van der Waals surface area (Å²) in [6.45, 7) is 8.32. The number of nitrogens with zero attached hydrogens (tertiary/aromatic N) is 2. The maximum Gasteiger partial charge on any atom is 0.149 e. The molecular formula is C22H23N3O. The fourth-order valence-electron chi connectivity index (χ4n) is 3.06. The summed E-state index contributed by atoms with van der Waals surface area (Å²) in [5, 5.41) is 9.69. The van der Waals surface area contributed by atoms with Gasteiger partial charge in [-0.1, -0.05) is 19.9 Å². The van der Waals surface area contributed by atoms with Gasteiger partial charge in [0.2, 0.25) is 0 Å². The summed E-state index contributed by atoms with van der Waals surface area (Å²) in [5.41, 5.74) is 6.66. The number of ether oxygens (including phenoxy) is 1. The van der Waals surface area contributed by atoms with Crippen molar-refractivity contribution in [2.45, 2.75) is 33.6 Å². The van der Waals surface area contributed by atoms with Crippen LogP contribution in [0, 0.1) is 25.2 Å². The van der Waals surface area contributed by atoms with Crippen molar-refractivity contribution in [1.29, 1.82) is 5.26 Å². The fraction of sp³-hybridized carbons (Fsp3) is 0.273. The Morgan fingerprint density at radius 3 is 2.65 bits per heavy atom. The van der Waals surface area contributed by atoms with Gasteiger partial charge in [0, 0.05) is 0 Å². The third kappa shape index (κ3) is 3.34. The third-order valence-electron chi connectivity index (χ3n) is 4.55. The van der Waals surface area contributed by atoms with Crippen LogP contribution in [0.1, 0.15) is 47.8 Å². The average molecular weight is 345 g/mol. The molecule has 0 amide bonds. The van der Waals surface area contributed by atoms with Gasteiger partial charge in [0.15, 0.2) is 0 Å². The van der Waals surface area contributed by atoms with Gasteiger partial charge in [-0.15, -0.1) is 0 Å². The molecule has 0 saturated carbocycles. The number of benzene rings is 2. The van der Waals surface area contributed by atoms with E-state index in [4.69, 9.17) is 4.74 Å². The predicted octanol–water partition coefficient (Wildman–Crippen LogP) is 5.38. The van der Waals surface area contributed by atoms with Crippen molar-refractivity contribution in [1.82, 2.24) is 9.97 Å². The zero-order valence-corrected chi connectivity index (χ0v) is 15.8. The second kappa shape index (κ2) is 7.05. The summed E-state index contributed by atoms with van der Waals surface area (Å²) in [6, 6.07) is 12.4. The molecule has 0 saturated heterocycles. The Bertz CT molecular complexity index is 1040. The van der Waals surface area contributed by atoms with Crippen molar-refractivity contribution in [3.8, 4) is 11.8 Å². The lowest BCUT2D eigenvalue weighted by Crippen LogP contribution is -1.97. The van der Waals surface area contributed by atoms with Crippen molar-refractivity contribution >= 4 is 22.7 Å². The Morgan fingerprint density at radius 1 is 1.23 bits per heavy atom. The molecule has 1 aromatic heterocycles. The van der Waals surface area contributed by atoms with Gasteiger partial charge in [0.25, 0.3) is 0 Å². The summed E-state index contributed by atoms with van der Waals surface area (Å²) in [6.07, 6.45) is 1.89. The van der Waals surface area contributed by atoms with E-state index in [-0.39, 0.29) is 0 Å². The van der Waals surface area contributed by atoms with E-state index in [1.54, 1.807) is 7.11 Å². The number of rotatable bonds is 4. The molecular weight excluding hydrogens is 322 g/mol. The molecule has 3 rings (SSSR count). The molecule has 2 aromatic carbocycles. The van der Waals surface area contributed by atoms with Crippen LogP contribution >= 0.6 is 0 Å². The number of aromatic amines is 1. The monoisotopic (exact) mass is 345 g/mol. The number of imidazole rings is 1. The molecule has 4 heteroatoms. The summed E-state index contributed by atoms with van der Waals surface area (Å²) in [5.74, 6) is 1.80. The number of hydrogen-bond donors (Lipinski definition) is 1. The first kappa shape index (κ1) is 17.8. The summed E-state index contributed by atoms with van der Waals surface area (Å²) in [4.78, 5) is 7.83. The molecule has 0 spiro atoms. The number of allylic oxidation sites excluding steroid dienone is 1. The number of H-pyrrole nitrogens is 1. The number of fused-ring (bicyclic) bond motifs is 1. The van der Waals surface area contributed by atoms with E-state index in [0.29, 0.717) is 17.3 Å². The van der Waals surface area contributed by atoms with Crippen LogP contribution in [-0.4, -0.2) is 17.1 Å². The van der Waals surface area contributed by atoms with Crippen molar-refractivity contribution in [2.24, 2.45) is 0 Å². The van der Waals surface area contributed by atoms with Crippen LogP contribution in [0.4, 0.5) is 0 Å². The largest absolute Gasteiger partial charge is 0.496 e. The van der Waals surface area contributed by atoms with Gasteiger partial charge in [0.05, 0.1) is 23.7 Å². The zero-order chi connectivity index (χ0) is 18.8. The lowest BCUT2D eigenvalue weighted by atomic mass is 9.95. The van der Waals surface area contributed by atoms with Gasteiger partial charge in [-0.25, -0.2) is 4.98 Å². The first-order valence-corrected chi connectivity index (χ1v) is 8.70. The Kier molecular flexibility index (Phi) is 4.81. The van der Waals surface area contributed by atoms with Gasteiger partial charge < -0.3 is 9.72 Å². The highest BCUT2D eigenvalue weighted by molar-refractivity contribution is 5.91. The van der Waals surface area contributed by atoms with E-state index in [0.717, 1.165) is 39.0 Å². The van der Waals surface area contributed by atoms with Gasteiger partial charge in [-0.2, -0.15) is 5.26 Å². The number of nitriles is 1. The first-order chi connectivity index (χ1) is 12.4. The van der Waals surface area contributed by atoms with Crippen LogP contribution in [0.2, 0.25) is 0 Å². The molecule has 0 aliphatic rings. The second-order valence-electron chi connectivity index (χ2n) is 6.88. The maximum atomic E-state index is 9.69. The molecule has 26 heavy (non-hydrogen) atoms. The Hall–Kier alpha value is -3.06. The van der Waals surface area contributed by atoms with E-state index >= 15 is 0 Å². The van der Waals surface area contributed by atoms with E-state index in [2.05, 4.69) is 36.0 Å². The van der Waals surface area contributed by atoms with Gasteiger partial charge in [-0.3, -0.25) is 0 Å². The normalized spacial score (nSPS) is 11.8. The molecule has 0 unspecified atom stereocenters. The minimum Gasteiger partial charge on any atom is -0.496 e. The van der Waals surface area contributed by atoms with Gasteiger partial charge in [0.1, 0.15) is 17.6 Å². The highest BCUT2D eigenvalue weighted by Crippen LogP contribution is 2.31. The number of hydrogen-bond acceptors (Lipinski definition) is 3. The van der Waals surface area contributed by atoms with Crippen LogP contribution in [0.15, 0.2) is 30.3 Å². The molecule has 0 atom stereocenters. The van der Waals surface area contributed by atoms with E-state index in [1.807, 2.05) is 44.2 Å². The quantitative estimate of drug-likeness (QED) is 0.646. The van der Waals surface area contributed by atoms with Crippen LogP contribution in [-0.2, 0) is 0 Å². The minimum atomic E-state index is 0.331. The molecule has 0 aliphatic carbocycles. The highest BCUT2D eigenvalue weighted by Gasteiger charge is 2.13. The van der Waals surface area contributed by atoms with E-state index in [9.17, 15) is 5.26 Å². The average Bonchev–Trinajstić information content (AvgIpc) is 3.02. The molecule has 4 nitrogen and oxygen atoms in total. The lowest BCUT2D eigenvalue weighted by Gasteiger charge is -2.14. The predicted molar refractivity (Wildman–Crippen MR) is 106 cm³/mol. The van der Waals surface area contributed by atoms with Crippen LogP contribution in [0.3, 0.4) is 0 Å². The summed E-state index contributed by atoms with van der Waals surface area (Å²) in [7, 11) is 1.69. The van der Waals surface area contributed by atoms with E-state index in [1.165, 1.54) is 0 Å². The van der Waals surface area contributed by atoms with Crippen molar-refractivity contribution in [3.05, 3.63) is 58.4 Å². The Morgan fingerprint density at radius 2 is 2.00 bits per heavy atom. The Balaban J connectivity index is 2.11. The number of nitrogens with one attached hydrogen (secondary N) is 1. The smallest absolute Gasteiger partial charge is 0.149 e. The molecule has 0 bridgehead atoms. The maximum absolute atomic E-state index is 9.69. The fourth-order valence-corrected chi connectivity index (χ4v) is 3.06. The zero-order valence-electron chi connectivity index (χ0n) is 15.8. The Labute approximate surface area is 154 Å². The summed E-state index contributed by atoms with van der Waals surface area (Å²) >= 11 is 0. The van der Waals surface area contributed by atoms with E-state index < -0.39 is 0 Å². The van der Waals surface area contributed by atoms with Crippen LogP contribution in [0.25, 0.3) is 22.7 Å². The number of aryl methyl sites for hydroxylation is 2. The standard InChI is InChI=1S/C22H23N3O/c1-13(2)18-11-16(15(4)9-21(18)26-5)10-17(12-23)22-24-19-7-6-14(3)8-20(19)25-22/h6-11,13H,1-5H3,(H,24,25). The van der Waals surface area contributed by atoms with Gasteiger partial charge in [-0.05, 0) is 72.4 Å². The third-order valence-corrected chi connectivity index (χ3v) is 4.55. The van der Waals surface area contributed by atoms with Crippen molar-refractivity contribution in [3.63, 3.8) is 0 Å². The number of aromatic nitrogens is 2. The van der Waals surface area contributed by atoms with Crippen LogP contribution in [0.5, 0.6) is 5.75 Å².